The molecule has 142 valence electrons. The summed E-state index contributed by atoms with van der Waals surface area (Å²) < 4.78 is 2.18. The van der Waals surface area contributed by atoms with Crippen LogP contribution in [-0.4, -0.2) is 4.57 Å². The Balaban J connectivity index is 1.64. The van der Waals surface area contributed by atoms with Crippen LogP contribution in [0.25, 0.3) is 10.9 Å². The summed E-state index contributed by atoms with van der Waals surface area (Å²) in [5.74, 6) is 0. The molecule has 0 unspecified atom stereocenters. The van der Waals surface area contributed by atoms with Crippen molar-refractivity contribution in [2.75, 3.05) is 0 Å². The van der Waals surface area contributed by atoms with E-state index in [1.54, 1.807) is 0 Å². The van der Waals surface area contributed by atoms with Crippen molar-refractivity contribution in [2.45, 2.75) is 77.6 Å². The van der Waals surface area contributed by atoms with E-state index in [1.807, 2.05) is 30.3 Å². The zero-order valence-corrected chi connectivity index (χ0v) is 16.7. The molecule has 1 aromatic carbocycles. The number of fused-ring (bicyclic) bond motifs is 1. The third kappa shape index (κ3) is 6.48. The van der Waals surface area contributed by atoms with Crippen molar-refractivity contribution in [2.24, 2.45) is 7.05 Å². The van der Waals surface area contributed by atoms with Crippen molar-refractivity contribution in [1.29, 1.82) is 0 Å². The maximum Gasteiger partial charge on any atom is 0.189 e. The number of allylic oxidation sites excluding steroid dienone is 2. The van der Waals surface area contributed by atoms with Gasteiger partial charge < -0.3 is 4.57 Å². The van der Waals surface area contributed by atoms with Gasteiger partial charge in [-0.3, -0.25) is 4.79 Å². The molecule has 0 aliphatic heterocycles. The number of aryl methyl sites for hydroxylation is 2. The van der Waals surface area contributed by atoms with Crippen LogP contribution in [0.4, 0.5) is 0 Å². The Morgan fingerprint density at radius 1 is 0.885 bits per heavy atom. The molecule has 0 amide bonds. The monoisotopic (exact) mass is 353 g/mol. The number of pyridine rings is 1. The molecule has 0 bridgehead atoms. The van der Waals surface area contributed by atoms with Crippen LogP contribution in [0.5, 0.6) is 0 Å². The van der Waals surface area contributed by atoms with E-state index in [-0.39, 0.29) is 5.43 Å². The Labute approximate surface area is 158 Å². The predicted octanol–water partition coefficient (Wildman–Crippen LogP) is 6.56. The largest absolute Gasteiger partial charge is 0.347 e. The van der Waals surface area contributed by atoms with Crippen LogP contribution in [0.2, 0.25) is 0 Å². The first kappa shape index (κ1) is 20.5. The van der Waals surface area contributed by atoms with Crippen molar-refractivity contribution in [3.63, 3.8) is 0 Å². The number of para-hydroxylation sites is 1. The average molecular weight is 354 g/mol. The van der Waals surface area contributed by atoms with Gasteiger partial charge in [0.2, 0.25) is 0 Å². The first-order chi connectivity index (χ1) is 12.7. The van der Waals surface area contributed by atoms with Crippen LogP contribution >= 0.6 is 0 Å². The van der Waals surface area contributed by atoms with Crippen LogP contribution < -0.4 is 5.43 Å². The summed E-state index contributed by atoms with van der Waals surface area (Å²) in [6, 6.07) is 9.72. The van der Waals surface area contributed by atoms with E-state index in [0.29, 0.717) is 0 Å². The van der Waals surface area contributed by atoms with Gasteiger partial charge in [0, 0.05) is 24.2 Å². The second-order valence-electron chi connectivity index (χ2n) is 7.35. The summed E-state index contributed by atoms with van der Waals surface area (Å²) in [5.41, 5.74) is 2.35. The highest BCUT2D eigenvalue weighted by Gasteiger charge is 2.05. The molecule has 1 heterocycles. The van der Waals surface area contributed by atoms with Crippen molar-refractivity contribution < 1.29 is 0 Å². The third-order valence-electron chi connectivity index (χ3n) is 5.20. The molecule has 2 nitrogen and oxygen atoms in total. The SMILES string of the molecule is CCCCC/C=C\CCCCCCCc1cc(=O)c2ccccc2n1C. The molecular formula is C24H35NO. The van der Waals surface area contributed by atoms with Gasteiger partial charge in [-0.2, -0.15) is 0 Å². The highest BCUT2D eigenvalue weighted by molar-refractivity contribution is 5.79. The molecule has 0 saturated heterocycles. The summed E-state index contributed by atoms with van der Waals surface area (Å²) in [5, 5.41) is 0.821. The molecule has 0 N–H and O–H groups in total. The fourth-order valence-electron chi connectivity index (χ4n) is 3.54. The fourth-order valence-corrected chi connectivity index (χ4v) is 3.54. The van der Waals surface area contributed by atoms with Crippen LogP contribution in [0.15, 0.2) is 47.3 Å². The lowest BCUT2D eigenvalue weighted by atomic mass is 10.1. The maximum absolute atomic E-state index is 12.3. The average Bonchev–Trinajstić information content (AvgIpc) is 2.66. The van der Waals surface area contributed by atoms with Gasteiger partial charge in [0.15, 0.2) is 5.43 Å². The Kier molecular flexibility index (Phi) is 9.23. The maximum atomic E-state index is 12.3. The van der Waals surface area contributed by atoms with E-state index < -0.39 is 0 Å². The summed E-state index contributed by atoms with van der Waals surface area (Å²) in [6.07, 6.45) is 18.5. The van der Waals surface area contributed by atoms with Crippen LogP contribution in [0.1, 0.15) is 76.8 Å². The molecule has 1 aromatic heterocycles. The molecule has 0 saturated carbocycles. The van der Waals surface area contributed by atoms with Crippen molar-refractivity contribution in [1.82, 2.24) is 4.57 Å². The summed E-state index contributed by atoms with van der Waals surface area (Å²) in [7, 11) is 2.07. The smallest absolute Gasteiger partial charge is 0.189 e. The van der Waals surface area contributed by atoms with Crippen molar-refractivity contribution in [3.05, 3.63) is 58.4 Å². The van der Waals surface area contributed by atoms with Gasteiger partial charge in [0.1, 0.15) is 0 Å². The normalized spacial score (nSPS) is 11.6. The van der Waals surface area contributed by atoms with E-state index >= 15 is 0 Å². The van der Waals surface area contributed by atoms with Gasteiger partial charge in [0.25, 0.3) is 0 Å². The minimum Gasteiger partial charge on any atom is -0.347 e. The second kappa shape index (κ2) is 11.7. The minimum absolute atomic E-state index is 0.152. The molecule has 0 atom stereocenters. The predicted molar refractivity (Wildman–Crippen MR) is 114 cm³/mol. The number of unbranched alkanes of at least 4 members (excludes halogenated alkanes) is 8. The third-order valence-corrected chi connectivity index (χ3v) is 5.20. The highest BCUT2D eigenvalue weighted by Crippen LogP contribution is 2.14. The molecule has 2 aromatic rings. The van der Waals surface area contributed by atoms with Crippen LogP contribution in [0.3, 0.4) is 0 Å². The van der Waals surface area contributed by atoms with Crippen LogP contribution in [0, 0.1) is 0 Å². The van der Waals surface area contributed by atoms with E-state index in [4.69, 9.17) is 0 Å². The minimum atomic E-state index is 0.152. The number of aromatic nitrogens is 1. The molecule has 0 aliphatic carbocycles. The summed E-state index contributed by atoms with van der Waals surface area (Å²) in [4.78, 5) is 12.3. The first-order valence-corrected chi connectivity index (χ1v) is 10.5. The van der Waals surface area contributed by atoms with Crippen molar-refractivity contribution >= 4 is 10.9 Å². The highest BCUT2D eigenvalue weighted by atomic mass is 16.1. The molecule has 0 aliphatic rings. The first-order valence-electron chi connectivity index (χ1n) is 10.5. The van der Waals surface area contributed by atoms with E-state index in [9.17, 15) is 4.79 Å². The lowest BCUT2D eigenvalue weighted by Gasteiger charge is -2.12. The Morgan fingerprint density at radius 2 is 1.54 bits per heavy atom. The number of rotatable bonds is 12. The van der Waals surface area contributed by atoms with Gasteiger partial charge >= 0.3 is 0 Å². The lowest BCUT2D eigenvalue weighted by molar-refractivity contribution is 0.608. The Morgan fingerprint density at radius 3 is 2.31 bits per heavy atom. The Bertz CT molecular complexity index is 741. The number of hydrogen-bond donors (Lipinski definition) is 0. The number of benzene rings is 1. The quantitative estimate of drug-likeness (QED) is 0.313. The zero-order valence-electron chi connectivity index (χ0n) is 16.7. The van der Waals surface area contributed by atoms with E-state index in [2.05, 4.69) is 30.7 Å². The van der Waals surface area contributed by atoms with E-state index in [0.717, 1.165) is 23.0 Å². The zero-order chi connectivity index (χ0) is 18.6. The van der Waals surface area contributed by atoms with Gasteiger partial charge in [-0.1, -0.05) is 63.3 Å². The molecule has 0 radical (unpaired) electrons. The molecule has 0 spiro atoms. The fraction of sp³-hybridized carbons (Fsp3) is 0.542. The van der Waals surface area contributed by atoms with Gasteiger partial charge in [-0.05, 0) is 50.7 Å². The topological polar surface area (TPSA) is 22.0 Å². The standard InChI is InChI=1S/C24H35NO/c1-3-4-5-6-7-8-9-10-11-12-13-14-17-21-20-24(26)22-18-15-16-19-23(22)25(21)2/h7-8,15-16,18-20H,3-6,9-14,17H2,1-2H3/b8-7-. The van der Waals surface area contributed by atoms with Gasteiger partial charge in [0.05, 0.1) is 5.52 Å². The van der Waals surface area contributed by atoms with Gasteiger partial charge in [-0.15, -0.1) is 0 Å². The van der Waals surface area contributed by atoms with E-state index in [1.165, 1.54) is 64.2 Å². The van der Waals surface area contributed by atoms with Gasteiger partial charge in [-0.25, -0.2) is 0 Å². The molecule has 0 fully saturated rings. The number of nitrogens with zero attached hydrogens (tertiary/aromatic N) is 1. The molecular weight excluding hydrogens is 318 g/mol. The molecule has 26 heavy (non-hydrogen) atoms. The second-order valence-corrected chi connectivity index (χ2v) is 7.35. The number of hydrogen-bond acceptors (Lipinski definition) is 1. The van der Waals surface area contributed by atoms with Crippen molar-refractivity contribution in [3.8, 4) is 0 Å². The lowest BCUT2D eigenvalue weighted by Crippen LogP contribution is -2.11. The summed E-state index contributed by atoms with van der Waals surface area (Å²) >= 11 is 0. The molecule has 2 heteroatoms. The van der Waals surface area contributed by atoms with Crippen LogP contribution in [-0.2, 0) is 13.5 Å². The molecule has 2 rings (SSSR count). The summed E-state index contributed by atoms with van der Waals surface area (Å²) in [6.45, 7) is 2.25. The Hall–Kier alpha value is -1.83.